The molecule has 2 unspecified atom stereocenters. The van der Waals surface area contributed by atoms with Gasteiger partial charge < -0.3 is 5.11 Å². The molecule has 1 saturated heterocycles. The van der Waals surface area contributed by atoms with Gasteiger partial charge in [0.15, 0.2) is 0 Å². The van der Waals surface area contributed by atoms with E-state index in [9.17, 15) is 13.9 Å². The van der Waals surface area contributed by atoms with Crippen molar-refractivity contribution in [3.63, 3.8) is 0 Å². The van der Waals surface area contributed by atoms with Crippen LogP contribution in [0.3, 0.4) is 0 Å². The molecule has 1 N–H and O–H groups in total. The Morgan fingerprint density at radius 2 is 2.00 bits per heavy atom. The van der Waals surface area contributed by atoms with Crippen LogP contribution in [-0.4, -0.2) is 15.6 Å². The summed E-state index contributed by atoms with van der Waals surface area (Å²) in [5.74, 6) is -0.397. The number of aliphatic hydroxyl groups excluding tert-OH is 1. The Balaban J connectivity index is 2.36. The van der Waals surface area contributed by atoms with Crippen molar-refractivity contribution in [3.8, 4) is 0 Å². The van der Waals surface area contributed by atoms with Crippen LogP contribution in [0, 0.1) is 11.6 Å². The molecule has 2 rings (SSSR count). The molecule has 0 radical (unpaired) electrons. The number of hydrogen-bond donors (Lipinski definition) is 1. The largest absolute Gasteiger partial charge is 0.387 e. The minimum absolute atomic E-state index is 0.195. The van der Waals surface area contributed by atoms with Crippen molar-refractivity contribution in [2.45, 2.75) is 30.6 Å². The van der Waals surface area contributed by atoms with Crippen LogP contribution < -0.4 is 0 Å². The molecule has 1 heterocycles. The molecule has 0 aliphatic carbocycles. The predicted octanol–water partition coefficient (Wildman–Crippen LogP) is 3.28. The van der Waals surface area contributed by atoms with Gasteiger partial charge in [-0.15, -0.1) is 0 Å². The molecule has 4 heteroatoms. The zero-order valence-corrected chi connectivity index (χ0v) is 9.86. The third-order valence-electron chi connectivity index (χ3n) is 3.10. The molecule has 1 nitrogen and oxygen atoms in total. The van der Waals surface area contributed by atoms with Crippen LogP contribution in [0.4, 0.5) is 8.78 Å². The smallest absolute Gasteiger partial charge is 0.131 e. The van der Waals surface area contributed by atoms with E-state index in [0.29, 0.717) is 0 Å². The molecular formula is C12H14F2OS. The molecule has 0 amide bonds. The first-order valence-electron chi connectivity index (χ1n) is 5.30. The Morgan fingerprint density at radius 3 is 2.50 bits per heavy atom. The molecular weight excluding hydrogens is 230 g/mol. The van der Waals surface area contributed by atoms with E-state index >= 15 is 0 Å². The molecule has 1 aliphatic heterocycles. The highest BCUT2D eigenvalue weighted by Crippen LogP contribution is 2.47. The van der Waals surface area contributed by atoms with Gasteiger partial charge in [0, 0.05) is 4.75 Å². The number of rotatable bonds is 2. The summed E-state index contributed by atoms with van der Waals surface area (Å²) in [6.45, 7) is 1.86. The van der Waals surface area contributed by atoms with E-state index in [-0.39, 0.29) is 5.56 Å². The van der Waals surface area contributed by atoms with E-state index in [4.69, 9.17) is 0 Å². The summed E-state index contributed by atoms with van der Waals surface area (Å²) in [7, 11) is 0. The first-order valence-corrected chi connectivity index (χ1v) is 6.29. The van der Waals surface area contributed by atoms with E-state index < -0.39 is 22.5 Å². The van der Waals surface area contributed by atoms with Gasteiger partial charge in [-0.05, 0) is 37.7 Å². The highest BCUT2D eigenvalue weighted by Gasteiger charge is 2.40. The van der Waals surface area contributed by atoms with Gasteiger partial charge in [-0.25, -0.2) is 8.78 Å². The molecule has 1 aromatic carbocycles. The van der Waals surface area contributed by atoms with Gasteiger partial charge in [0.05, 0.1) is 11.7 Å². The molecule has 88 valence electrons. The minimum atomic E-state index is -1.08. The number of hydrogen-bond acceptors (Lipinski definition) is 2. The Bertz CT molecular complexity index is 368. The van der Waals surface area contributed by atoms with Crippen LogP contribution >= 0.6 is 11.8 Å². The number of aliphatic hydroxyl groups is 1. The number of halogens is 2. The van der Waals surface area contributed by atoms with E-state index in [1.807, 2.05) is 6.92 Å². The minimum Gasteiger partial charge on any atom is -0.387 e. The van der Waals surface area contributed by atoms with E-state index in [1.165, 1.54) is 18.2 Å². The molecule has 0 bridgehead atoms. The van der Waals surface area contributed by atoms with Crippen molar-refractivity contribution < 1.29 is 13.9 Å². The molecule has 1 aromatic rings. The maximum absolute atomic E-state index is 13.5. The van der Waals surface area contributed by atoms with Gasteiger partial charge in [-0.1, -0.05) is 6.07 Å². The summed E-state index contributed by atoms with van der Waals surface area (Å²) in [4.78, 5) is 0. The van der Waals surface area contributed by atoms with E-state index in [0.717, 1.165) is 18.6 Å². The summed E-state index contributed by atoms with van der Waals surface area (Å²) in [6, 6.07) is 3.68. The lowest BCUT2D eigenvalue weighted by molar-refractivity contribution is 0.126. The monoisotopic (exact) mass is 244 g/mol. The summed E-state index contributed by atoms with van der Waals surface area (Å²) < 4.78 is 26.6. The van der Waals surface area contributed by atoms with Crippen molar-refractivity contribution >= 4 is 11.8 Å². The van der Waals surface area contributed by atoms with Crippen LogP contribution in [0.1, 0.15) is 31.4 Å². The average molecular weight is 244 g/mol. The lowest BCUT2D eigenvalue weighted by Gasteiger charge is -2.29. The molecule has 0 aromatic heterocycles. The summed E-state index contributed by atoms with van der Waals surface area (Å²) in [5.41, 5.74) is -0.195. The maximum Gasteiger partial charge on any atom is 0.131 e. The fraction of sp³-hybridized carbons (Fsp3) is 0.500. The summed E-state index contributed by atoms with van der Waals surface area (Å²) in [5, 5.41) is 10.1. The standard InChI is InChI=1S/C12H14F2OS/c1-12(6-3-7-16-12)11(15)10-8(13)4-2-5-9(10)14/h2,4-5,11,15H,3,6-7H2,1H3. The predicted molar refractivity (Wildman–Crippen MR) is 61.4 cm³/mol. The van der Waals surface area contributed by atoms with Crippen molar-refractivity contribution in [1.82, 2.24) is 0 Å². The first-order chi connectivity index (χ1) is 7.54. The highest BCUT2D eigenvalue weighted by molar-refractivity contribution is 8.00. The van der Waals surface area contributed by atoms with Crippen molar-refractivity contribution in [2.75, 3.05) is 5.75 Å². The Hall–Kier alpha value is -0.610. The van der Waals surface area contributed by atoms with Crippen molar-refractivity contribution in [1.29, 1.82) is 0 Å². The lowest BCUT2D eigenvalue weighted by Crippen LogP contribution is -2.27. The van der Waals surface area contributed by atoms with Gasteiger partial charge in [0.25, 0.3) is 0 Å². The van der Waals surface area contributed by atoms with Crippen LogP contribution in [0.15, 0.2) is 18.2 Å². The van der Waals surface area contributed by atoms with Crippen molar-refractivity contribution in [3.05, 3.63) is 35.4 Å². The zero-order chi connectivity index (χ0) is 11.8. The van der Waals surface area contributed by atoms with Gasteiger partial charge >= 0.3 is 0 Å². The van der Waals surface area contributed by atoms with Crippen LogP contribution in [-0.2, 0) is 0 Å². The van der Waals surface area contributed by atoms with Crippen molar-refractivity contribution in [2.24, 2.45) is 0 Å². The highest BCUT2D eigenvalue weighted by atomic mass is 32.2. The SMILES string of the molecule is CC1(C(O)c2c(F)cccc2F)CCCS1. The zero-order valence-electron chi connectivity index (χ0n) is 9.04. The van der Waals surface area contributed by atoms with Gasteiger partial charge in [0.2, 0.25) is 0 Å². The molecule has 1 aliphatic rings. The Kier molecular flexibility index (Phi) is 3.22. The van der Waals surface area contributed by atoms with Gasteiger partial charge in [-0.3, -0.25) is 0 Å². The number of thioether (sulfide) groups is 1. The third kappa shape index (κ3) is 1.96. The van der Waals surface area contributed by atoms with Crippen LogP contribution in [0.25, 0.3) is 0 Å². The second-order valence-corrected chi connectivity index (χ2v) is 5.93. The third-order valence-corrected chi connectivity index (χ3v) is 4.68. The lowest BCUT2D eigenvalue weighted by atomic mass is 9.92. The fourth-order valence-corrected chi connectivity index (χ4v) is 3.41. The maximum atomic E-state index is 13.5. The van der Waals surface area contributed by atoms with Crippen LogP contribution in [0.5, 0.6) is 0 Å². The molecule has 16 heavy (non-hydrogen) atoms. The van der Waals surface area contributed by atoms with E-state index in [1.54, 1.807) is 11.8 Å². The fourth-order valence-electron chi connectivity index (χ4n) is 2.09. The van der Waals surface area contributed by atoms with Crippen LogP contribution in [0.2, 0.25) is 0 Å². The molecule has 0 spiro atoms. The van der Waals surface area contributed by atoms with Gasteiger partial charge in [0.1, 0.15) is 11.6 Å². The second-order valence-electron chi connectivity index (χ2n) is 4.30. The van der Waals surface area contributed by atoms with Gasteiger partial charge in [-0.2, -0.15) is 11.8 Å². The molecule has 0 saturated carbocycles. The quantitative estimate of drug-likeness (QED) is 0.861. The first kappa shape index (κ1) is 11.9. The average Bonchev–Trinajstić information content (AvgIpc) is 2.66. The summed E-state index contributed by atoms with van der Waals surface area (Å²) >= 11 is 1.58. The number of benzene rings is 1. The Morgan fingerprint density at radius 1 is 1.38 bits per heavy atom. The molecule has 2 atom stereocenters. The Labute approximate surface area is 97.9 Å². The summed E-state index contributed by atoms with van der Waals surface area (Å²) in [6.07, 6.45) is 0.683. The van der Waals surface area contributed by atoms with E-state index in [2.05, 4.69) is 0 Å². The molecule has 1 fully saturated rings. The second kappa shape index (κ2) is 4.34. The topological polar surface area (TPSA) is 20.2 Å². The normalized spacial score (nSPS) is 27.0.